The maximum Gasteiger partial charge on any atom is 0.122 e. The average molecular weight is 217 g/mol. The van der Waals surface area contributed by atoms with Crippen LogP contribution in [0.15, 0.2) is 29.4 Å². The van der Waals surface area contributed by atoms with Gasteiger partial charge in [0, 0.05) is 13.0 Å². The van der Waals surface area contributed by atoms with E-state index in [2.05, 4.69) is 50.1 Å². The minimum atomic E-state index is 0.172. The molecule has 0 atom stereocenters. The van der Waals surface area contributed by atoms with Crippen molar-refractivity contribution in [2.75, 3.05) is 11.6 Å². The molecule has 1 heterocycles. The summed E-state index contributed by atoms with van der Waals surface area (Å²) in [5.41, 5.74) is 8.32. The van der Waals surface area contributed by atoms with E-state index < -0.39 is 0 Å². The van der Waals surface area contributed by atoms with Gasteiger partial charge in [-0.25, -0.2) is 0 Å². The molecule has 0 amide bonds. The van der Waals surface area contributed by atoms with Crippen LogP contribution in [0.3, 0.4) is 0 Å². The molecule has 0 spiro atoms. The lowest BCUT2D eigenvalue weighted by molar-refractivity contribution is 0.590. The lowest BCUT2D eigenvalue weighted by Crippen LogP contribution is -2.15. The zero-order chi connectivity index (χ0) is 11.8. The van der Waals surface area contributed by atoms with Crippen molar-refractivity contribution in [3.63, 3.8) is 0 Å². The van der Waals surface area contributed by atoms with Gasteiger partial charge in [0.05, 0.1) is 5.69 Å². The summed E-state index contributed by atoms with van der Waals surface area (Å²) in [5, 5.41) is 6.29. The topological polar surface area (TPSA) is 41.6 Å². The molecule has 0 fully saturated rings. The second kappa shape index (κ2) is 3.81. The summed E-state index contributed by atoms with van der Waals surface area (Å²) >= 11 is 0. The number of hydrogen-bond acceptors (Lipinski definition) is 3. The van der Waals surface area contributed by atoms with Crippen molar-refractivity contribution in [1.29, 1.82) is 0 Å². The Hall–Kier alpha value is -1.51. The van der Waals surface area contributed by atoms with E-state index in [4.69, 9.17) is 5.73 Å². The zero-order valence-corrected chi connectivity index (χ0v) is 10.2. The van der Waals surface area contributed by atoms with E-state index in [1.807, 2.05) is 5.01 Å². The van der Waals surface area contributed by atoms with Crippen LogP contribution in [-0.4, -0.2) is 12.4 Å². The second-order valence-corrected chi connectivity index (χ2v) is 5.26. The summed E-state index contributed by atoms with van der Waals surface area (Å²) < 4.78 is 0. The molecule has 1 aromatic rings. The molecule has 1 aliphatic heterocycles. The molecule has 0 saturated carbocycles. The number of hydrazone groups is 1. The van der Waals surface area contributed by atoms with Crippen LogP contribution < -0.4 is 10.7 Å². The lowest BCUT2D eigenvalue weighted by Gasteiger charge is -2.21. The summed E-state index contributed by atoms with van der Waals surface area (Å²) in [6.45, 7) is 7.54. The zero-order valence-electron chi connectivity index (χ0n) is 10.2. The van der Waals surface area contributed by atoms with Gasteiger partial charge in [0.1, 0.15) is 5.84 Å². The molecule has 3 heteroatoms. The van der Waals surface area contributed by atoms with Crippen molar-refractivity contribution in [2.24, 2.45) is 10.8 Å². The Bertz CT molecular complexity index is 415. The maximum atomic E-state index is 5.69. The predicted octanol–water partition coefficient (Wildman–Crippen LogP) is 2.47. The predicted molar refractivity (Wildman–Crippen MR) is 68.7 cm³/mol. The van der Waals surface area contributed by atoms with Crippen LogP contribution in [0.1, 0.15) is 32.8 Å². The summed E-state index contributed by atoms with van der Waals surface area (Å²) in [7, 11) is 0. The molecule has 1 aromatic carbocycles. The van der Waals surface area contributed by atoms with Gasteiger partial charge < -0.3 is 5.73 Å². The summed E-state index contributed by atoms with van der Waals surface area (Å²) in [6.07, 6.45) is 0.861. The molecule has 16 heavy (non-hydrogen) atoms. The SMILES string of the molecule is CC(C)(C)c1cccc(N2CCC(N)=N2)c1. The van der Waals surface area contributed by atoms with E-state index in [-0.39, 0.29) is 5.41 Å². The van der Waals surface area contributed by atoms with E-state index in [1.54, 1.807) is 0 Å². The summed E-state index contributed by atoms with van der Waals surface area (Å²) in [4.78, 5) is 0. The molecule has 0 saturated heterocycles. The highest BCUT2D eigenvalue weighted by atomic mass is 15.5. The van der Waals surface area contributed by atoms with Gasteiger partial charge >= 0.3 is 0 Å². The third kappa shape index (κ3) is 2.18. The Kier molecular flexibility index (Phi) is 2.62. The number of amidine groups is 1. The van der Waals surface area contributed by atoms with Crippen molar-refractivity contribution >= 4 is 11.5 Å². The fraction of sp³-hybridized carbons (Fsp3) is 0.462. The van der Waals surface area contributed by atoms with E-state index in [0.717, 1.165) is 24.5 Å². The highest BCUT2D eigenvalue weighted by Gasteiger charge is 2.17. The van der Waals surface area contributed by atoms with Crippen molar-refractivity contribution in [2.45, 2.75) is 32.6 Å². The van der Waals surface area contributed by atoms with E-state index in [0.29, 0.717) is 0 Å². The minimum absolute atomic E-state index is 0.172. The van der Waals surface area contributed by atoms with Gasteiger partial charge in [0.25, 0.3) is 0 Å². The first-order valence-electron chi connectivity index (χ1n) is 5.68. The normalized spacial score (nSPS) is 16.4. The number of nitrogens with zero attached hydrogens (tertiary/aromatic N) is 2. The van der Waals surface area contributed by atoms with Gasteiger partial charge in [-0.1, -0.05) is 32.9 Å². The van der Waals surface area contributed by atoms with Crippen molar-refractivity contribution in [1.82, 2.24) is 0 Å². The van der Waals surface area contributed by atoms with Crippen LogP contribution in [-0.2, 0) is 5.41 Å². The Morgan fingerprint density at radius 3 is 2.62 bits per heavy atom. The second-order valence-electron chi connectivity index (χ2n) is 5.26. The summed E-state index contributed by atoms with van der Waals surface area (Å²) in [5.74, 6) is 0.723. The Morgan fingerprint density at radius 1 is 1.31 bits per heavy atom. The standard InChI is InChI=1S/C13H19N3/c1-13(2,3)10-5-4-6-11(9-10)16-8-7-12(14)15-16/h4-6,9H,7-8H2,1-3H3,(H2,14,15). The van der Waals surface area contributed by atoms with Gasteiger partial charge in [0.15, 0.2) is 0 Å². The van der Waals surface area contributed by atoms with E-state index in [9.17, 15) is 0 Å². The van der Waals surface area contributed by atoms with Crippen molar-refractivity contribution in [3.8, 4) is 0 Å². The molecule has 0 unspecified atom stereocenters. The number of hydrogen-bond donors (Lipinski definition) is 1. The van der Waals surface area contributed by atoms with Gasteiger partial charge in [-0.3, -0.25) is 5.01 Å². The highest BCUT2D eigenvalue weighted by Crippen LogP contribution is 2.27. The van der Waals surface area contributed by atoms with Crippen LogP contribution >= 0.6 is 0 Å². The first-order valence-corrected chi connectivity index (χ1v) is 5.68. The monoisotopic (exact) mass is 217 g/mol. The molecule has 0 bridgehead atoms. The number of anilines is 1. The Balaban J connectivity index is 2.30. The van der Waals surface area contributed by atoms with Crippen LogP contribution in [0.4, 0.5) is 5.69 Å². The molecule has 2 N–H and O–H groups in total. The van der Waals surface area contributed by atoms with Gasteiger partial charge in [-0.2, -0.15) is 5.10 Å². The van der Waals surface area contributed by atoms with E-state index in [1.165, 1.54) is 5.56 Å². The summed E-state index contributed by atoms with van der Waals surface area (Å²) in [6, 6.07) is 8.52. The Labute approximate surface area is 96.9 Å². The highest BCUT2D eigenvalue weighted by molar-refractivity contribution is 5.84. The molecule has 0 aliphatic carbocycles. The van der Waals surface area contributed by atoms with Gasteiger partial charge in [-0.15, -0.1) is 0 Å². The molecular weight excluding hydrogens is 198 g/mol. The van der Waals surface area contributed by atoms with Crippen LogP contribution in [0.2, 0.25) is 0 Å². The molecule has 3 nitrogen and oxygen atoms in total. The molecule has 1 aliphatic rings. The average Bonchev–Trinajstić information content (AvgIpc) is 2.64. The number of nitrogens with two attached hydrogens (primary N) is 1. The first kappa shape index (κ1) is 11.0. The third-order valence-corrected chi connectivity index (χ3v) is 2.84. The minimum Gasteiger partial charge on any atom is -0.386 e. The number of rotatable bonds is 1. The maximum absolute atomic E-state index is 5.69. The van der Waals surface area contributed by atoms with E-state index >= 15 is 0 Å². The van der Waals surface area contributed by atoms with Gasteiger partial charge in [0.2, 0.25) is 0 Å². The fourth-order valence-corrected chi connectivity index (χ4v) is 1.80. The van der Waals surface area contributed by atoms with Crippen molar-refractivity contribution in [3.05, 3.63) is 29.8 Å². The van der Waals surface area contributed by atoms with Crippen LogP contribution in [0.5, 0.6) is 0 Å². The molecule has 86 valence electrons. The molecular formula is C13H19N3. The number of benzene rings is 1. The van der Waals surface area contributed by atoms with Gasteiger partial charge in [-0.05, 0) is 23.1 Å². The molecule has 2 rings (SSSR count). The molecule has 0 radical (unpaired) electrons. The smallest absolute Gasteiger partial charge is 0.122 e. The van der Waals surface area contributed by atoms with Crippen molar-refractivity contribution < 1.29 is 0 Å². The lowest BCUT2D eigenvalue weighted by atomic mass is 9.87. The molecule has 0 aromatic heterocycles. The van der Waals surface area contributed by atoms with Crippen LogP contribution in [0.25, 0.3) is 0 Å². The fourth-order valence-electron chi connectivity index (χ4n) is 1.80. The largest absolute Gasteiger partial charge is 0.386 e. The third-order valence-electron chi connectivity index (χ3n) is 2.84. The van der Waals surface area contributed by atoms with Crippen LogP contribution in [0, 0.1) is 0 Å². The quantitative estimate of drug-likeness (QED) is 0.785. The first-order chi connectivity index (χ1) is 7.47. The Morgan fingerprint density at radius 2 is 2.06 bits per heavy atom.